The number of nitrogens with one attached hydrogen (secondary N) is 2. The maximum atomic E-state index is 12.9. The molecule has 0 aromatic heterocycles. The van der Waals surface area contributed by atoms with Crippen LogP contribution in [0.25, 0.3) is 0 Å². The molecule has 1 heterocycles. The molecule has 0 atom stereocenters. The van der Waals surface area contributed by atoms with Gasteiger partial charge >= 0.3 is 6.03 Å². The second-order valence-electron chi connectivity index (χ2n) is 5.40. The lowest BCUT2D eigenvalue weighted by atomic mass is 10.0. The van der Waals surface area contributed by atoms with Crippen molar-refractivity contribution in [3.8, 4) is 17.2 Å². The van der Waals surface area contributed by atoms with Crippen molar-refractivity contribution >= 4 is 17.8 Å². The fourth-order valence-electron chi connectivity index (χ4n) is 2.12. The number of benzene rings is 2. The van der Waals surface area contributed by atoms with Crippen molar-refractivity contribution in [1.82, 2.24) is 10.6 Å². The summed E-state index contributed by atoms with van der Waals surface area (Å²) in [7, 11) is 0. The SMILES string of the molecule is CC1(Oc2ccc(Oc3ccc(F)cc3)cc2)C(=O)NC(=O)NC1=O. The first-order valence-electron chi connectivity index (χ1n) is 7.26. The highest BCUT2D eigenvalue weighted by atomic mass is 19.1. The number of carbonyl (C=O) groups excluding carboxylic acids is 3. The molecule has 2 N–H and O–H groups in total. The summed E-state index contributed by atoms with van der Waals surface area (Å²) < 4.78 is 23.9. The number of hydrogen-bond acceptors (Lipinski definition) is 5. The zero-order valence-electron chi connectivity index (χ0n) is 13.0. The van der Waals surface area contributed by atoms with Gasteiger partial charge < -0.3 is 9.47 Å². The second-order valence-corrected chi connectivity index (χ2v) is 5.40. The molecular weight excluding hydrogens is 331 g/mol. The quantitative estimate of drug-likeness (QED) is 0.829. The van der Waals surface area contributed by atoms with Gasteiger partial charge in [0.25, 0.3) is 17.4 Å². The minimum absolute atomic E-state index is 0.230. The van der Waals surface area contributed by atoms with E-state index in [0.29, 0.717) is 11.5 Å². The third-order valence-corrected chi connectivity index (χ3v) is 3.52. The molecule has 8 heteroatoms. The minimum atomic E-state index is -1.87. The lowest BCUT2D eigenvalue weighted by Gasteiger charge is -2.30. The van der Waals surface area contributed by atoms with Crippen molar-refractivity contribution in [3.05, 3.63) is 54.3 Å². The molecule has 1 aliphatic rings. The van der Waals surface area contributed by atoms with Crippen molar-refractivity contribution in [2.75, 3.05) is 0 Å². The van der Waals surface area contributed by atoms with Gasteiger partial charge in [-0.05, 0) is 55.5 Å². The van der Waals surface area contributed by atoms with Crippen LogP contribution in [0.5, 0.6) is 17.2 Å². The molecule has 1 fully saturated rings. The molecule has 4 amide bonds. The molecule has 0 radical (unpaired) electrons. The average molecular weight is 344 g/mol. The Morgan fingerprint density at radius 3 is 1.76 bits per heavy atom. The van der Waals surface area contributed by atoms with E-state index in [1.165, 1.54) is 43.3 Å². The predicted molar refractivity (Wildman–Crippen MR) is 83.6 cm³/mol. The van der Waals surface area contributed by atoms with Crippen LogP contribution in [0.15, 0.2) is 48.5 Å². The highest BCUT2D eigenvalue weighted by Gasteiger charge is 2.48. The van der Waals surface area contributed by atoms with E-state index < -0.39 is 23.4 Å². The Morgan fingerprint density at radius 2 is 1.24 bits per heavy atom. The molecule has 2 aromatic carbocycles. The predicted octanol–water partition coefficient (Wildman–Crippen LogP) is 2.12. The van der Waals surface area contributed by atoms with Crippen LogP contribution in [-0.2, 0) is 9.59 Å². The van der Waals surface area contributed by atoms with Crippen molar-refractivity contribution in [2.45, 2.75) is 12.5 Å². The normalized spacial score (nSPS) is 16.0. The van der Waals surface area contributed by atoms with E-state index in [4.69, 9.17) is 9.47 Å². The van der Waals surface area contributed by atoms with Gasteiger partial charge in [-0.3, -0.25) is 20.2 Å². The molecule has 128 valence electrons. The molecule has 1 saturated heterocycles. The van der Waals surface area contributed by atoms with Gasteiger partial charge in [0, 0.05) is 0 Å². The summed E-state index contributed by atoms with van der Waals surface area (Å²) in [6.45, 7) is 1.26. The number of urea groups is 1. The molecule has 0 bridgehead atoms. The van der Waals surface area contributed by atoms with Crippen LogP contribution in [0.2, 0.25) is 0 Å². The highest BCUT2D eigenvalue weighted by Crippen LogP contribution is 2.26. The van der Waals surface area contributed by atoms with E-state index in [-0.39, 0.29) is 11.6 Å². The summed E-state index contributed by atoms with van der Waals surface area (Å²) in [6.07, 6.45) is 0. The van der Waals surface area contributed by atoms with Gasteiger partial charge in [-0.25, -0.2) is 9.18 Å². The van der Waals surface area contributed by atoms with E-state index in [1.54, 1.807) is 12.1 Å². The van der Waals surface area contributed by atoms with Gasteiger partial charge in [-0.2, -0.15) is 0 Å². The Morgan fingerprint density at radius 1 is 0.800 bits per heavy atom. The first-order chi connectivity index (χ1) is 11.9. The molecule has 25 heavy (non-hydrogen) atoms. The monoisotopic (exact) mass is 344 g/mol. The van der Waals surface area contributed by atoms with E-state index in [2.05, 4.69) is 0 Å². The Labute approximate surface area is 141 Å². The number of amides is 4. The van der Waals surface area contributed by atoms with Crippen molar-refractivity contribution < 1.29 is 28.2 Å². The maximum Gasteiger partial charge on any atom is 0.328 e. The van der Waals surface area contributed by atoms with Crippen LogP contribution in [0, 0.1) is 5.82 Å². The molecule has 0 spiro atoms. The number of halogens is 1. The van der Waals surface area contributed by atoms with E-state index in [9.17, 15) is 18.8 Å². The van der Waals surface area contributed by atoms with Gasteiger partial charge in [0.15, 0.2) is 0 Å². The number of carbonyl (C=O) groups is 3. The zero-order chi connectivity index (χ0) is 18.0. The van der Waals surface area contributed by atoms with Crippen LogP contribution in [-0.4, -0.2) is 23.4 Å². The van der Waals surface area contributed by atoms with Crippen molar-refractivity contribution in [1.29, 1.82) is 0 Å². The molecule has 0 unspecified atom stereocenters. The molecule has 0 saturated carbocycles. The third-order valence-electron chi connectivity index (χ3n) is 3.52. The summed E-state index contributed by atoms with van der Waals surface area (Å²) >= 11 is 0. The Balaban J connectivity index is 1.72. The first-order valence-corrected chi connectivity index (χ1v) is 7.26. The van der Waals surface area contributed by atoms with Gasteiger partial charge in [-0.15, -0.1) is 0 Å². The van der Waals surface area contributed by atoms with Gasteiger partial charge in [0.2, 0.25) is 0 Å². The van der Waals surface area contributed by atoms with Gasteiger partial charge in [-0.1, -0.05) is 0 Å². The van der Waals surface area contributed by atoms with Crippen LogP contribution in [0.1, 0.15) is 6.92 Å². The summed E-state index contributed by atoms with van der Waals surface area (Å²) in [5, 5.41) is 3.96. The smallest absolute Gasteiger partial charge is 0.328 e. The van der Waals surface area contributed by atoms with Crippen molar-refractivity contribution in [3.63, 3.8) is 0 Å². The average Bonchev–Trinajstić information content (AvgIpc) is 2.57. The molecule has 1 aliphatic heterocycles. The lowest BCUT2D eigenvalue weighted by Crippen LogP contribution is -2.67. The number of rotatable bonds is 4. The number of ether oxygens (including phenoxy) is 2. The summed E-state index contributed by atoms with van der Waals surface area (Å²) in [6, 6.07) is 10.7. The van der Waals surface area contributed by atoms with Crippen LogP contribution in [0.4, 0.5) is 9.18 Å². The number of hydrogen-bond donors (Lipinski definition) is 2. The van der Waals surface area contributed by atoms with Crippen molar-refractivity contribution in [2.24, 2.45) is 0 Å². The third kappa shape index (κ3) is 3.42. The molecule has 2 aromatic rings. The number of barbiturate groups is 1. The second kappa shape index (κ2) is 6.23. The Bertz CT molecular complexity index is 813. The van der Waals surface area contributed by atoms with E-state index in [0.717, 1.165) is 0 Å². The molecule has 7 nitrogen and oxygen atoms in total. The maximum absolute atomic E-state index is 12.9. The molecular formula is C17H13FN2O5. The van der Waals surface area contributed by atoms with Crippen LogP contribution >= 0.6 is 0 Å². The largest absolute Gasteiger partial charge is 0.468 e. The van der Waals surface area contributed by atoms with Crippen LogP contribution < -0.4 is 20.1 Å². The zero-order valence-corrected chi connectivity index (χ0v) is 13.0. The summed E-state index contributed by atoms with van der Waals surface area (Å²) in [5.74, 6) is -0.940. The van der Waals surface area contributed by atoms with Gasteiger partial charge in [0.1, 0.15) is 23.1 Å². The topological polar surface area (TPSA) is 93.7 Å². The standard InChI is InChI=1S/C17H13FN2O5/c1-17(14(21)19-16(23)20-15(17)22)25-13-8-6-12(7-9-13)24-11-4-2-10(18)3-5-11/h2-9H,1H3,(H2,19,20,21,22,23). The lowest BCUT2D eigenvalue weighted by molar-refractivity contribution is -0.149. The Kier molecular flexibility index (Phi) is 4.10. The fraction of sp³-hybridized carbons (Fsp3) is 0.118. The summed E-state index contributed by atoms with van der Waals surface area (Å²) in [5.41, 5.74) is -1.87. The first kappa shape index (κ1) is 16.4. The number of imide groups is 2. The van der Waals surface area contributed by atoms with E-state index in [1.807, 2.05) is 10.6 Å². The highest BCUT2D eigenvalue weighted by molar-refractivity contribution is 6.21. The van der Waals surface area contributed by atoms with Crippen LogP contribution in [0.3, 0.4) is 0 Å². The van der Waals surface area contributed by atoms with Gasteiger partial charge in [0.05, 0.1) is 0 Å². The minimum Gasteiger partial charge on any atom is -0.468 e. The molecule has 3 rings (SSSR count). The van der Waals surface area contributed by atoms with E-state index >= 15 is 0 Å². The summed E-state index contributed by atoms with van der Waals surface area (Å²) in [4.78, 5) is 34.9. The fourth-order valence-corrected chi connectivity index (χ4v) is 2.12. The molecule has 0 aliphatic carbocycles. The Hall–Kier alpha value is -3.42.